The van der Waals surface area contributed by atoms with Gasteiger partial charge in [0.25, 0.3) is 5.91 Å². The number of anilines is 1. The third-order valence-corrected chi connectivity index (χ3v) is 5.69. The van der Waals surface area contributed by atoms with E-state index in [4.69, 9.17) is 4.74 Å². The van der Waals surface area contributed by atoms with Gasteiger partial charge in [0, 0.05) is 5.69 Å². The summed E-state index contributed by atoms with van der Waals surface area (Å²) in [5, 5.41) is 2.69. The molecule has 0 heterocycles. The van der Waals surface area contributed by atoms with Gasteiger partial charge in [-0.2, -0.15) is 4.72 Å². The number of amides is 1. The van der Waals surface area contributed by atoms with Crippen molar-refractivity contribution in [2.45, 2.75) is 31.1 Å². The van der Waals surface area contributed by atoms with Crippen LogP contribution in [0.4, 0.5) is 10.1 Å². The highest BCUT2D eigenvalue weighted by Crippen LogP contribution is 2.26. The molecule has 0 saturated heterocycles. The smallest absolute Gasteiger partial charge is 0.321 e. The second-order valence-electron chi connectivity index (χ2n) is 6.38. The first-order valence-electron chi connectivity index (χ1n) is 9.02. The standard InChI is InChI=1S/C20H23FN2O5S/c1-3-14(2)17-6-4-5-7-18(17)23-19(24)13-28-20(25)12-22-29(26,27)16-10-8-15(21)9-11-16/h4-11,14,22H,3,12-13H2,1-2H3,(H,23,24)/t14-/m0/s1. The molecular formula is C20H23FN2O5S. The molecule has 9 heteroatoms. The van der Waals surface area contributed by atoms with Gasteiger partial charge in [0.1, 0.15) is 12.4 Å². The van der Waals surface area contributed by atoms with E-state index < -0.39 is 40.9 Å². The van der Waals surface area contributed by atoms with Crippen LogP contribution in [-0.4, -0.2) is 33.4 Å². The maximum atomic E-state index is 12.9. The highest BCUT2D eigenvalue weighted by Gasteiger charge is 2.17. The number of carbonyl (C=O) groups excluding carboxylic acids is 2. The fraction of sp³-hybridized carbons (Fsp3) is 0.300. The minimum Gasteiger partial charge on any atom is -0.455 e. The van der Waals surface area contributed by atoms with Gasteiger partial charge < -0.3 is 10.1 Å². The molecule has 0 fully saturated rings. The Hall–Kier alpha value is -2.78. The van der Waals surface area contributed by atoms with Gasteiger partial charge in [-0.3, -0.25) is 9.59 Å². The monoisotopic (exact) mass is 422 g/mol. The van der Waals surface area contributed by atoms with Crippen molar-refractivity contribution in [3.05, 3.63) is 59.9 Å². The largest absolute Gasteiger partial charge is 0.455 e. The number of carbonyl (C=O) groups is 2. The molecule has 7 nitrogen and oxygen atoms in total. The van der Waals surface area contributed by atoms with E-state index in [1.165, 1.54) is 0 Å². The number of rotatable bonds is 9. The van der Waals surface area contributed by atoms with E-state index in [9.17, 15) is 22.4 Å². The van der Waals surface area contributed by atoms with Gasteiger partial charge in [-0.05, 0) is 48.2 Å². The Balaban J connectivity index is 1.85. The number of nitrogens with one attached hydrogen (secondary N) is 2. The summed E-state index contributed by atoms with van der Waals surface area (Å²) in [6.07, 6.45) is 0.899. The Morgan fingerprint density at radius 3 is 2.41 bits per heavy atom. The van der Waals surface area contributed by atoms with Crippen molar-refractivity contribution in [1.82, 2.24) is 4.72 Å². The van der Waals surface area contributed by atoms with Crippen molar-refractivity contribution in [2.24, 2.45) is 0 Å². The summed E-state index contributed by atoms with van der Waals surface area (Å²) in [7, 11) is -4.00. The summed E-state index contributed by atoms with van der Waals surface area (Å²) < 4.78 is 43.8. The molecule has 2 rings (SSSR count). The molecule has 1 amide bonds. The average molecular weight is 422 g/mol. The molecule has 0 aliphatic heterocycles. The van der Waals surface area contributed by atoms with Gasteiger partial charge in [0.15, 0.2) is 6.61 Å². The number of hydrogen-bond acceptors (Lipinski definition) is 5. The van der Waals surface area contributed by atoms with Crippen molar-refractivity contribution in [3.63, 3.8) is 0 Å². The lowest BCUT2D eigenvalue weighted by Gasteiger charge is -2.15. The zero-order valence-electron chi connectivity index (χ0n) is 16.1. The summed E-state index contributed by atoms with van der Waals surface area (Å²) in [6.45, 7) is 2.87. The summed E-state index contributed by atoms with van der Waals surface area (Å²) in [4.78, 5) is 23.6. The van der Waals surface area contributed by atoms with Crippen LogP contribution in [0, 0.1) is 5.82 Å². The molecule has 2 aromatic rings. The molecule has 2 aromatic carbocycles. The predicted molar refractivity (Wildman–Crippen MR) is 106 cm³/mol. The van der Waals surface area contributed by atoms with E-state index in [-0.39, 0.29) is 10.8 Å². The molecule has 0 unspecified atom stereocenters. The highest BCUT2D eigenvalue weighted by atomic mass is 32.2. The van der Waals surface area contributed by atoms with Crippen LogP contribution in [0.15, 0.2) is 53.4 Å². The number of ether oxygens (including phenoxy) is 1. The lowest BCUT2D eigenvalue weighted by atomic mass is 9.97. The second-order valence-corrected chi connectivity index (χ2v) is 8.15. The van der Waals surface area contributed by atoms with Crippen LogP contribution in [0.5, 0.6) is 0 Å². The summed E-state index contributed by atoms with van der Waals surface area (Å²) >= 11 is 0. The van der Waals surface area contributed by atoms with Crippen LogP contribution in [0.2, 0.25) is 0 Å². The number of halogens is 1. The Labute approximate surface area is 169 Å². The van der Waals surface area contributed by atoms with Gasteiger partial charge in [-0.15, -0.1) is 0 Å². The Kier molecular flexibility index (Phi) is 7.86. The Morgan fingerprint density at radius 2 is 1.76 bits per heavy atom. The van der Waals surface area contributed by atoms with E-state index in [2.05, 4.69) is 5.32 Å². The lowest BCUT2D eigenvalue weighted by Crippen LogP contribution is -2.32. The maximum Gasteiger partial charge on any atom is 0.321 e. The average Bonchev–Trinajstić information content (AvgIpc) is 2.71. The molecule has 0 aliphatic rings. The van der Waals surface area contributed by atoms with Gasteiger partial charge in [-0.1, -0.05) is 32.0 Å². The first kappa shape index (κ1) is 22.5. The molecule has 29 heavy (non-hydrogen) atoms. The molecule has 1 atom stereocenters. The SMILES string of the molecule is CC[C@H](C)c1ccccc1NC(=O)COC(=O)CNS(=O)(=O)c1ccc(F)cc1. The first-order chi connectivity index (χ1) is 13.7. The topological polar surface area (TPSA) is 102 Å². The summed E-state index contributed by atoms with van der Waals surface area (Å²) in [5.74, 6) is -1.78. The fourth-order valence-corrected chi connectivity index (χ4v) is 3.46. The number of hydrogen-bond donors (Lipinski definition) is 2. The zero-order chi connectivity index (χ0) is 21.4. The molecule has 0 radical (unpaired) electrons. The molecule has 0 aliphatic carbocycles. The normalized spacial score (nSPS) is 12.2. The van der Waals surface area contributed by atoms with Crippen molar-refractivity contribution in [2.75, 3.05) is 18.5 Å². The third-order valence-electron chi connectivity index (χ3n) is 4.27. The van der Waals surface area contributed by atoms with Gasteiger partial charge in [0.05, 0.1) is 4.90 Å². The number of sulfonamides is 1. The maximum absolute atomic E-state index is 12.9. The fourth-order valence-electron chi connectivity index (χ4n) is 2.49. The van der Waals surface area contributed by atoms with Crippen LogP contribution < -0.4 is 10.0 Å². The molecular weight excluding hydrogens is 399 g/mol. The van der Waals surface area contributed by atoms with Crippen LogP contribution in [0.3, 0.4) is 0 Å². The van der Waals surface area contributed by atoms with Crippen molar-refractivity contribution >= 4 is 27.6 Å². The Morgan fingerprint density at radius 1 is 1.10 bits per heavy atom. The van der Waals surface area contributed by atoms with E-state index in [1.807, 2.05) is 30.7 Å². The molecule has 0 spiro atoms. The van der Waals surface area contributed by atoms with E-state index in [0.29, 0.717) is 5.69 Å². The van der Waals surface area contributed by atoms with Gasteiger partial charge in [-0.25, -0.2) is 12.8 Å². The number of esters is 1. The molecule has 156 valence electrons. The molecule has 0 bridgehead atoms. The lowest BCUT2D eigenvalue weighted by molar-refractivity contribution is -0.146. The first-order valence-corrected chi connectivity index (χ1v) is 10.5. The van der Waals surface area contributed by atoms with Gasteiger partial charge in [0.2, 0.25) is 10.0 Å². The summed E-state index contributed by atoms with van der Waals surface area (Å²) in [5.41, 5.74) is 1.61. The van der Waals surface area contributed by atoms with Crippen LogP contribution >= 0.6 is 0 Å². The van der Waals surface area contributed by atoms with Crippen molar-refractivity contribution in [1.29, 1.82) is 0 Å². The minimum atomic E-state index is -4.00. The molecule has 2 N–H and O–H groups in total. The second kappa shape index (κ2) is 10.1. The molecule has 0 aromatic heterocycles. The minimum absolute atomic E-state index is 0.189. The quantitative estimate of drug-likeness (QED) is 0.605. The number of para-hydroxylation sites is 1. The van der Waals surface area contributed by atoms with E-state index >= 15 is 0 Å². The zero-order valence-corrected chi connectivity index (χ0v) is 17.0. The van der Waals surface area contributed by atoms with E-state index in [1.54, 1.807) is 12.1 Å². The van der Waals surface area contributed by atoms with Crippen molar-refractivity contribution < 1.29 is 27.1 Å². The summed E-state index contributed by atoms with van der Waals surface area (Å²) in [6, 6.07) is 11.5. The van der Waals surface area contributed by atoms with Crippen molar-refractivity contribution in [3.8, 4) is 0 Å². The van der Waals surface area contributed by atoms with Crippen LogP contribution in [0.25, 0.3) is 0 Å². The number of benzene rings is 2. The predicted octanol–water partition coefficient (Wildman–Crippen LogP) is 2.80. The van der Waals surface area contributed by atoms with Gasteiger partial charge >= 0.3 is 5.97 Å². The van der Waals surface area contributed by atoms with Crippen LogP contribution in [0.1, 0.15) is 31.7 Å². The van der Waals surface area contributed by atoms with Crippen LogP contribution in [-0.2, 0) is 24.3 Å². The Bertz CT molecular complexity index is 961. The van der Waals surface area contributed by atoms with E-state index in [0.717, 1.165) is 36.2 Å². The third kappa shape index (κ3) is 6.65. The molecule has 0 saturated carbocycles. The highest BCUT2D eigenvalue weighted by molar-refractivity contribution is 7.89.